The van der Waals surface area contributed by atoms with Gasteiger partial charge in [0.1, 0.15) is 10.8 Å². The van der Waals surface area contributed by atoms with Crippen molar-refractivity contribution >= 4 is 33.9 Å². The minimum Gasteiger partial charge on any atom is -0.497 e. The molecule has 1 N–H and O–H groups in total. The van der Waals surface area contributed by atoms with Gasteiger partial charge in [-0.3, -0.25) is 4.79 Å². The molecule has 0 unspecified atom stereocenters. The van der Waals surface area contributed by atoms with E-state index < -0.39 is 23.7 Å². The topological polar surface area (TPSA) is 94.8 Å². The zero-order chi connectivity index (χ0) is 27.9. The third-order valence-corrected chi connectivity index (χ3v) is 7.49. The number of hydrogen-bond acceptors (Lipinski definition) is 7. The number of ether oxygens (including phenoxy) is 2. The van der Waals surface area contributed by atoms with Crippen LogP contribution in [0.2, 0.25) is 0 Å². The molecule has 0 spiro atoms. The third kappa shape index (κ3) is 5.33. The molecule has 0 atom stereocenters. The lowest BCUT2D eigenvalue weighted by molar-refractivity contribution is -0.142. The lowest BCUT2D eigenvalue weighted by Gasteiger charge is -2.14. The molecule has 3 aromatic heterocycles. The molecule has 0 fully saturated rings. The van der Waals surface area contributed by atoms with Crippen molar-refractivity contribution in [2.45, 2.75) is 51.8 Å². The Morgan fingerprint density at radius 3 is 2.49 bits per heavy atom. The fourth-order valence-electron chi connectivity index (χ4n) is 4.51. The summed E-state index contributed by atoms with van der Waals surface area (Å²) in [4.78, 5) is 31.4. The smallest absolute Gasteiger partial charge is 0.433 e. The number of rotatable bonds is 6. The van der Waals surface area contributed by atoms with Crippen molar-refractivity contribution in [1.29, 1.82) is 0 Å². The fourth-order valence-corrected chi connectivity index (χ4v) is 5.78. The second-order valence-corrected chi connectivity index (χ2v) is 10.5. The van der Waals surface area contributed by atoms with E-state index in [-0.39, 0.29) is 23.1 Å². The Morgan fingerprint density at radius 1 is 1.10 bits per heavy atom. The summed E-state index contributed by atoms with van der Waals surface area (Å²) in [5, 5.41) is 6.93. The molecule has 1 aromatic carbocycles. The van der Waals surface area contributed by atoms with Crippen LogP contribution in [0.3, 0.4) is 0 Å². The second kappa shape index (κ2) is 10.3. The average molecular weight is 559 g/mol. The van der Waals surface area contributed by atoms with Crippen molar-refractivity contribution in [3.63, 3.8) is 0 Å². The van der Waals surface area contributed by atoms with Gasteiger partial charge in [0.05, 0.1) is 24.5 Å². The number of hydrogen-bond donors (Lipinski definition) is 1. The zero-order valence-electron chi connectivity index (χ0n) is 21.4. The molecule has 204 valence electrons. The average Bonchev–Trinajstić information content (AvgIpc) is 3.48. The van der Waals surface area contributed by atoms with E-state index in [1.165, 1.54) is 24.5 Å². The summed E-state index contributed by atoms with van der Waals surface area (Å²) >= 11 is 1.28. The van der Waals surface area contributed by atoms with Crippen LogP contribution in [-0.2, 0) is 23.8 Å². The summed E-state index contributed by atoms with van der Waals surface area (Å²) in [6.45, 7) is 3.47. The van der Waals surface area contributed by atoms with Gasteiger partial charge in [-0.15, -0.1) is 11.3 Å². The van der Waals surface area contributed by atoms with Gasteiger partial charge >= 0.3 is 12.1 Å². The number of benzene rings is 1. The Balaban J connectivity index is 1.53. The number of anilines is 1. The van der Waals surface area contributed by atoms with E-state index >= 15 is 0 Å². The molecule has 3 heterocycles. The summed E-state index contributed by atoms with van der Waals surface area (Å²) in [6, 6.07) is 8.50. The van der Waals surface area contributed by atoms with E-state index in [0.717, 1.165) is 35.8 Å². The molecular formula is C27H25F3N4O4S. The molecule has 4 aromatic rings. The van der Waals surface area contributed by atoms with Crippen LogP contribution in [0.15, 0.2) is 36.4 Å². The molecule has 0 aliphatic heterocycles. The van der Waals surface area contributed by atoms with Crippen molar-refractivity contribution in [3.8, 4) is 17.0 Å². The Morgan fingerprint density at radius 2 is 1.82 bits per heavy atom. The first-order valence-electron chi connectivity index (χ1n) is 12.3. The van der Waals surface area contributed by atoms with Gasteiger partial charge < -0.3 is 14.8 Å². The van der Waals surface area contributed by atoms with Gasteiger partial charge in [0, 0.05) is 16.5 Å². The minimum absolute atomic E-state index is 0.0639. The summed E-state index contributed by atoms with van der Waals surface area (Å²) in [5.41, 5.74) is 0.163. The van der Waals surface area contributed by atoms with Crippen molar-refractivity contribution in [3.05, 3.63) is 63.8 Å². The van der Waals surface area contributed by atoms with Crippen LogP contribution < -0.4 is 10.1 Å². The Hall–Kier alpha value is -3.93. The van der Waals surface area contributed by atoms with E-state index in [1.54, 1.807) is 38.1 Å². The standard InChI is InChI=1S/C27H25F3N4O4S/c1-14(2)38-26(36)23-17-6-4-5-7-20(17)39-25(23)32-24(35)19-13-22-31-18(15-8-10-16(37-3)11-9-15)12-21(27(28,29)30)34(22)33-19/h8-14H,4-7H2,1-3H3,(H,32,35). The van der Waals surface area contributed by atoms with Crippen molar-refractivity contribution in [1.82, 2.24) is 14.6 Å². The maximum absolute atomic E-state index is 14.0. The second-order valence-electron chi connectivity index (χ2n) is 9.38. The van der Waals surface area contributed by atoms with E-state index in [2.05, 4.69) is 15.4 Å². The number of amides is 1. The van der Waals surface area contributed by atoms with Crippen LogP contribution >= 0.6 is 11.3 Å². The number of halogens is 3. The van der Waals surface area contributed by atoms with Crippen molar-refractivity contribution in [2.75, 3.05) is 12.4 Å². The molecule has 5 rings (SSSR count). The van der Waals surface area contributed by atoms with Gasteiger partial charge in [-0.05, 0) is 75.4 Å². The van der Waals surface area contributed by atoms with E-state index in [0.29, 0.717) is 32.8 Å². The SMILES string of the molecule is COc1ccc(-c2cc(C(F)(F)F)n3nc(C(=O)Nc4sc5c(c4C(=O)OC(C)C)CCCC5)cc3n2)cc1. The molecule has 0 saturated heterocycles. The summed E-state index contributed by atoms with van der Waals surface area (Å²) in [5.74, 6) is -0.747. The predicted molar refractivity (Wildman–Crippen MR) is 139 cm³/mol. The highest BCUT2D eigenvalue weighted by Crippen LogP contribution is 2.39. The number of nitrogens with one attached hydrogen (secondary N) is 1. The fraction of sp³-hybridized carbons (Fsp3) is 0.333. The molecule has 1 aliphatic carbocycles. The number of fused-ring (bicyclic) bond motifs is 2. The highest BCUT2D eigenvalue weighted by molar-refractivity contribution is 7.17. The third-order valence-electron chi connectivity index (χ3n) is 6.28. The lowest BCUT2D eigenvalue weighted by Crippen LogP contribution is -2.18. The molecule has 0 bridgehead atoms. The first-order valence-corrected chi connectivity index (χ1v) is 13.2. The number of aromatic nitrogens is 3. The number of thiophene rings is 1. The van der Waals surface area contributed by atoms with Gasteiger partial charge in [0.15, 0.2) is 17.0 Å². The number of methoxy groups -OCH3 is 1. The number of aryl methyl sites for hydroxylation is 1. The summed E-state index contributed by atoms with van der Waals surface area (Å²) in [6.07, 6.45) is -1.78. The molecular weight excluding hydrogens is 533 g/mol. The van der Waals surface area contributed by atoms with Crippen LogP contribution in [0.1, 0.15) is 63.7 Å². The van der Waals surface area contributed by atoms with E-state index in [9.17, 15) is 22.8 Å². The van der Waals surface area contributed by atoms with Crippen molar-refractivity contribution in [2.24, 2.45) is 0 Å². The normalized spacial score (nSPS) is 13.4. The number of alkyl halides is 3. The van der Waals surface area contributed by atoms with Crippen LogP contribution in [0.5, 0.6) is 5.75 Å². The van der Waals surface area contributed by atoms with Gasteiger partial charge in [-0.1, -0.05) is 0 Å². The van der Waals surface area contributed by atoms with Crippen LogP contribution in [0.25, 0.3) is 16.9 Å². The Labute approximate surface area is 225 Å². The number of esters is 1. The quantitative estimate of drug-likeness (QED) is 0.284. The van der Waals surface area contributed by atoms with Crippen LogP contribution in [0, 0.1) is 0 Å². The lowest BCUT2D eigenvalue weighted by atomic mass is 9.95. The molecule has 39 heavy (non-hydrogen) atoms. The predicted octanol–water partition coefficient (Wildman–Crippen LogP) is 6.18. The molecule has 12 heteroatoms. The first-order chi connectivity index (χ1) is 18.5. The molecule has 1 amide bonds. The largest absolute Gasteiger partial charge is 0.497 e. The highest BCUT2D eigenvalue weighted by Gasteiger charge is 2.36. The number of nitrogens with zero attached hydrogens (tertiary/aromatic N) is 3. The molecule has 8 nitrogen and oxygen atoms in total. The number of carbonyl (C=O) groups is 2. The van der Waals surface area contributed by atoms with E-state index in [1.807, 2.05) is 0 Å². The first kappa shape index (κ1) is 26.7. The molecule has 0 saturated carbocycles. The Bertz CT molecular complexity index is 1560. The summed E-state index contributed by atoms with van der Waals surface area (Å²) in [7, 11) is 1.49. The van der Waals surface area contributed by atoms with Crippen LogP contribution in [-0.4, -0.2) is 39.7 Å². The van der Waals surface area contributed by atoms with Gasteiger partial charge in [-0.25, -0.2) is 14.3 Å². The zero-order valence-corrected chi connectivity index (χ0v) is 22.2. The maximum Gasteiger partial charge on any atom is 0.433 e. The highest BCUT2D eigenvalue weighted by atomic mass is 32.1. The van der Waals surface area contributed by atoms with Crippen LogP contribution in [0.4, 0.5) is 18.2 Å². The van der Waals surface area contributed by atoms with E-state index in [4.69, 9.17) is 9.47 Å². The Kier molecular flexibility index (Phi) is 7.06. The van der Waals surface area contributed by atoms with Gasteiger partial charge in [-0.2, -0.15) is 18.3 Å². The minimum atomic E-state index is -4.76. The monoisotopic (exact) mass is 558 g/mol. The molecule has 1 aliphatic rings. The molecule has 0 radical (unpaired) electrons. The van der Waals surface area contributed by atoms with Gasteiger partial charge in [0.2, 0.25) is 0 Å². The summed E-state index contributed by atoms with van der Waals surface area (Å²) < 4.78 is 53.2. The van der Waals surface area contributed by atoms with Gasteiger partial charge in [0.25, 0.3) is 5.91 Å². The number of carbonyl (C=O) groups excluding carboxylic acids is 2. The maximum atomic E-state index is 14.0. The van der Waals surface area contributed by atoms with Crippen molar-refractivity contribution < 1.29 is 32.2 Å².